The van der Waals surface area contributed by atoms with Crippen LogP contribution in [0.15, 0.2) is 35.5 Å². The smallest absolute Gasteiger partial charge is 0.394 e. The molecule has 3 aromatic rings. The fraction of sp³-hybridized carbons (Fsp3) is 0.571. The molecule has 0 radical (unpaired) electrons. The predicted octanol–water partition coefficient (Wildman–Crippen LogP) is 4.82. The van der Waals surface area contributed by atoms with Gasteiger partial charge in [-0.25, -0.2) is 14.4 Å². The summed E-state index contributed by atoms with van der Waals surface area (Å²) in [5.41, 5.74) is -1.07. The van der Waals surface area contributed by atoms with Crippen molar-refractivity contribution < 1.29 is 31.1 Å². The van der Waals surface area contributed by atoms with E-state index in [0.717, 1.165) is 25.8 Å². The largest absolute Gasteiger partial charge is 0.477 e. The molecule has 0 aromatic carbocycles. The molecule has 3 aromatic heterocycles. The number of pyridine rings is 1. The summed E-state index contributed by atoms with van der Waals surface area (Å²) in [4.78, 5) is 17.0. The lowest BCUT2D eigenvalue weighted by atomic mass is 9.94. The van der Waals surface area contributed by atoms with Crippen LogP contribution in [0.4, 0.5) is 13.2 Å². The number of halogens is 4. The minimum Gasteiger partial charge on any atom is -0.477 e. The van der Waals surface area contributed by atoms with E-state index in [0.29, 0.717) is 18.2 Å². The summed E-state index contributed by atoms with van der Waals surface area (Å²) in [5, 5.41) is 11.3. The maximum absolute atomic E-state index is 13.1. The molecule has 5 rings (SSSR count). The first-order valence-corrected chi connectivity index (χ1v) is 16.2. The van der Waals surface area contributed by atoms with Crippen molar-refractivity contribution in [3.8, 4) is 11.7 Å². The second-order valence-corrected chi connectivity index (χ2v) is 14.2. The predicted molar refractivity (Wildman–Crippen MR) is 155 cm³/mol. The van der Waals surface area contributed by atoms with Crippen LogP contribution >= 0.6 is 11.6 Å². The van der Waals surface area contributed by atoms with Gasteiger partial charge in [-0.2, -0.15) is 26.7 Å². The van der Waals surface area contributed by atoms with Crippen molar-refractivity contribution in [2.24, 2.45) is 11.3 Å². The van der Waals surface area contributed by atoms with Crippen molar-refractivity contribution in [3.05, 3.63) is 46.9 Å². The molecule has 1 aliphatic carbocycles. The topological polar surface area (TPSA) is 133 Å². The number of aromatic nitrogens is 5. The average Bonchev–Trinajstić information content (AvgIpc) is 3.23. The fourth-order valence-corrected chi connectivity index (χ4v) is 6.72. The van der Waals surface area contributed by atoms with Gasteiger partial charge in [-0.3, -0.25) is 9.48 Å². The summed E-state index contributed by atoms with van der Waals surface area (Å²) < 4.78 is 75.6. The third-order valence-corrected chi connectivity index (χ3v) is 9.77. The van der Waals surface area contributed by atoms with Crippen LogP contribution in [0.5, 0.6) is 5.88 Å². The van der Waals surface area contributed by atoms with Crippen molar-refractivity contribution >= 4 is 27.5 Å². The van der Waals surface area contributed by atoms with E-state index in [9.17, 15) is 26.4 Å². The van der Waals surface area contributed by atoms with Gasteiger partial charge >= 0.3 is 6.18 Å². The van der Waals surface area contributed by atoms with E-state index in [4.69, 9.17) is 16.3 Å². The van der Waals surface area contributed by atoms with Crippen LogP contribution in [0.1, 0.15) is 68.4 Å². The first-order valence-electron chi connectivity index (χ1n) is 14.4. The molecule has 4 heterocycles. The Bertz CT molecular complexity index is 1630. The molecular formula is C28H35ClF3N7O4S. The maximum atomic E-state index is 13.1. The van der Waals surface area contributed by atoms with E-state index in [1.54, 1.807) is 11.6 Å². The monoisotopic (exact) mass is 657 g/mol. The second-order valence-electron chi connectivity index (χ2n) is 12.2. The van der Waals surface area contributed by atoms with Crippen LogP contribution in [0.2, 0.25) is 5.15 Å². The Hall–Kier alpha value is -3.17. The van der Waals surface area contributed by atoms with Gasteiger partial charge in [0.2, 0.25) is 5.88 Å². The molecule has 1 unspecified atom stereocenters. The van der Waals surface area contributed by atoms with Gasteiger partial charge in [-0.1, -0.05) is 11.6 Å². The lowest BCUT2D eigenvalue weighted by Crippen LogP contribution is -2.31. The summed E-state index contributed by atoms with van der Waals surface area (Å²) in [5.74, 6) is -0.142. The summed E-state index contributed by atoms with van der Waals surface area (Å²) in [6.07, 6.45) is 0.168. The molecule has 1 saturated heterocycles. The fourth-order valence-electron chi connectivity index (χ4n) is 5.50. The Morgan fingerprint density at radius 1 is 1.23 bits per heavy atom. The lowest BCUT2D eigenvalue weighted by molar-refractivity contribution is -0.190. The minimum atomic E-state index is -4.30. The molecule has 2 aliphatic rings. The van der Waals surface area contributed by atoms with Gasteiger partial charge in [0, 0.05) is 36.1 Å². The molecule has 16 heteroatoms. The third-order valence-electron chi connectivity index (χ3n) is 8.28. The van der Waals surface area contributed by atoms with E-state index < -0.39 is 27.5 Å². The van der Waals surface area contributed by atoms with Crippen LogP contribution in [0, 0.1) is 18.3 Å². The third kappa shape index (κ3) is 7.20. The Morgan fingerprint density at radius 3 is 2.61 bits per heavy atom. The number of nitrogens with one attached hydrogen (secondary N) is 2. The molecular weight excluding hydrogens is 623 g/mol. The number of nitrogens with zero attached hydrogens (tertiary/aromatic N) is 5. The van der Waals surface area contributed by atoms with Crippen LogP contribution in [0.25, 0.3) is 5.82 Å². The Morgan fingerprint density at radius 2 is 1.98 bits per heavy atom. The van der Waals surface area contributed by atoms with Crippen molar-refractivity contribution in [3.63, 3.8) is 0 Å². The van der Waals surface area contributed by atoms with Crippen molar-refractivity contribution in [2.45, 2.75) is 82.6 Å². The summed E-state index contributed by atoms with van der Waals surface area (Å²) in [6, 6.07) is 5.56. The van der Waals surface area contributed by atoms with Crippen LogP contribution in [-0.2, 0) is 16.6 Å². The van der Waals surface area contributed by atoms with Gasteiger partial charge in [-0.05, 0) is 83.9 Å². The highest BCUT2D eigenvalue weighted by atomic mass is 35.5. The highest BCUT2D eigenvalue weighted by molar-refractivity contribution is 7.90. The number of hydrogen-bond acceptors (Lipinski definition) is 8. The normalized spacial score (nSPS) is 19.2. The molecule has 2 fully saturated rings. The molecule has 11 nitrogen and oxygen atoms in total. The first-order chi connectivity index (χ1) is 20.6. The Labute approximate surface area is 258 Å². The van der Waals surface area contributed by atoms with Gasteiger partial charge in [0.25, 0.3) is 15.9 Å². The second kappa shape index (κ2) is 12.0. The number of hydrogen-bond donors (Lipinski definition) is 2. The molecule has 0 spiro atoms. The number of carbonyl (C=O) groups excluding carboxylic acids is 1. The van der Waals surface area contributed by atoms with Crippen LogP contribution < -0.4 is 14.8 Å². The van der Waals surface area contributed by atoms with Crippen molar-refractivity contribution in [2.75, 3.05) is 13.2 Å². The maximum Gasteiger partial charge on any atom is 0.394 e. The van der Waals surface area contributed by atoms with Crippen LogP contribution in [0.3, 0.4) is 0 Å². The molecule has 1 amide bonds. The first kappa shape index (κ1) is 32.2. The highest BCUT2D eigenvalue weighted by Crippen LogP contribution is 2.59. The van der Waals surface area contributed by atoms with Gasteiger partial charge < -0.3 is 10.1 Å². The number of alkyl halides is 3. The Kier molecular flexibility index (Phi) is 8.77. The summed E-state index contributed by atoms with van der Waals surface area (Å²) in [7, 11) is -4.30. The van der Waals surface area contributed by atoms with E-state index >= 15 is 0 Å². The van der Waals surface area contributed by atoms with E-state index in [1.807, 2.05) is 4.72 Å². The summed E-state index contributed by atoms with van der Waals surface area (Å²) in [6.45, 7) is 7.48. The van der Waals surface area contributed by atoms with Crippen molar-refractivity contribution in [1.82, 2.24) is 34.6 Å². The number of amides is 1. The highest BCUT2D eigenvalue weighted by Gasteiger charge is 2.62. The zero-order valence-corrected chi connectivity index (χ0v) is 26.2. The molecule has 240 valence electrons. The average molecular weight is 658 g/mol. The number of carbonyl (C=O) groups is 1. The minimum absolute atomic E-state index is 0.0955. The van der Waals surface area contributed by atoms with Gasteiger partial charge in [0.15, 0.2) is 10.8 Å². The molecule has 2 N–H and O–H groups in total. The van der Waals surface area contributed by atoms with Gasteiger partial charge in [-0.15, -0.1) is 5.10 Å². The quantitative estimate of drug-likeness (QED) is 0.265. The zero-order chi connectivity index (χ0) is 31.9. The number of rotatable bonds is 12. The number of sulfonamides is 1. The van der Waals surface area contributed by atoms with E-state index in [2.05, 4.69) is 34.3 Å². The molecule has 44 heavy (non-hydrogen) atoms. The SMILES string of the molecule is Cc1cc(S(=O)(=O)NC(=O)c2ccc(-n3ccc(OCCC4(C(F)(F)F)CC4)n3)nc2Cl)nn1CCCC1CNC(C)(C)C1. The molecule has 0 bridgehead atoms. The number of ether oxygens (including phenoxy) is 1. The molecule has 1 aliphatic heterocycles. The molecule has 1 saturated carbocycles. The van der Waals surface area contributed by atoms with E-state index in [-0.39, 0.29) is 58.8 Å². The standard InChI is InChI=1S/C28H35ClF3N7O4S/c1-18-15-23(36-38(18)12-4-5-19-16-26(2,3)33-17-19)44(41,42)37-25(40)20-6-7-21(34-24(20)29)39-13-8-22(35-39)43-14-11-27(9-10-27)28(30,31)32/h6-8,13,15,19,33H,4-5,9-12,14,16-17H2,1-3H3,(H,37,40). The summed E-state index contributed by atoms with van der Waals surface area (Å²) >= 11 is 6.23. The number of aryl methyl sites for hydroxylation is 2. The Balaban J connectivity index is 1.16. The van der Waals surface area contributed by atoms with E-state index in [1.165, 1.54) is 35.1 Å². The lowest BCUT2D eigenvalue weighted by Gasteiger charge is -2.18. The molecule has 1 atom stereocenters. The van der Waals surface area contributed by atoms with Gasteiger partial charge in [0.1, 0.15) is 5.15 Å². The van der Waals surface area contributed by atoms with Crippen molar-refractivity contribution in [1.29, 1.82) is 0 Å². The van der Waals surface area contributed by atoms with Crippen LogP contribution in [-0.4, -0.2) is 63.7 Å². The van der Waals surface area contributed by atoms with Gasteiger partial charge in [0.05, 0.1) is 17.6 Å². The zero-order valence-electron chi connectivity index (χ0n) is 24.6.